The van der Waals surface area contributed by atoms with Crippen molar-refractivity contribution in [3.63, 3.8) is 0 Å². The lowest BCUT2D eigenvalue weighted by Crippen LogP contribution is -2.36. The van der Waals surface area contributed by atoms with Gasteiger partial charge < -0.3 is 10.2 Å². The number of benzene rings is 2. The summed E-state index contributed by atoms with van der Waals surface area (Å²) in [5.74, 6) is -0.541. The summed E-state index contributed by atoms with van der Waals surface area (Å²) in [7, 11) is 0. The van der Waals surface area contributed by atoms with E-state index in [0.717, 1.165) is 32.4 Å². The number of amides is 2. The SMILES string of the molecule is O=C(Nc1cc(Cl)ccc1C(=O)N1CCCCC1)c1ccc(Cl)cc1Cl. The van der Waals surface area contributed by atoms with Crippen LogP contribution >= 0.6 is 34.8 Å². The van der Waals surface area contributed by atoms with Gasteiger partial charge in [0.05, 0.1) is 21.8 Å². The quantitative estimate of drug-likeness (QED) is 0.722. The molecule has 1 heterocycles. The zero-order valence-corrected chi connectivity index (χ0v) is 16.2. The molecule has 0 saturated carbocycles. The maximum absolute atomic E-state index is 12.8. The lowest BCUT2D eigenvalue weighted by molar-refractivity contribution is 0.0725. The number of anilines is 1. The van der Waals surface area contributed by atoms with Crippen LogP contribution in [0.15, 0.2) is 36.4 Å². The third-order valence-electron chi connectivity index (χ3n) is 4.28. The van der Waals surface area contributed by atoms with Gasteiger partial charge in [0.2, 0.25) is 0 Å². The molecule has 0 bridgehead atoms. The Hall–Kier alpha value is -1.75. The van der Waals surface area contributed by atoms with E-state index in [1.165, 1.54) is 12.1 Å². The maximum atomic E-state index is 12.8. The first-order valence-corrected chi connectivity index (χ1v) is 9.44. The second kappa shape index (κ2) is 8.30. The fourth-order valence-electron chi connectivity index (χ4n) is 2.94. The summed E-state index contributed by atoms with van der Waals surface area (Å²) < 4.78 is 0. The molecule has 2 aromatic carbocycles. The molecule has 0 aliphatic carbocycles. The first-order chi connectivity index (χ1) is 12.5. The molecule has 1 aliphatic rings. The Bertz CT molecular complexity index is 849. The minimum absolute atomic E-state index is 0.112. The molecule has 0 aromatic heterocycles. The van der Waals surface area contributed by atoms with Gasteiger partial charge in [-0.25, -0.2) is 0 Å². The van der Waals surface area contributed by atoms with E-state index in [0.29, 0.717) is 21.3 Å². The Balaban J connectivity index is 1.88. The van der Waals surface area contributed by atoms with E-state index in [9.17, 15) is 9.59 Å². The van der Waals surface area contributed by atoms with Crippen LogP contribution in [0.3, 0.4) is 0 Å². The van der Waals surface area contributed by atoms with Crippen molar-refractivity contribution in [1.82, 2.24) is 4.90 Å². The van der Waals surface area contributed by atoms with E-state index in [1.54, 1.807) is 29.2 Å². The monoisotopic (exact) mass is 410 g/mol. The van der Waals surface area contributed by atoms with Crippen molar-refractivity contribution < 1.29 is 9.59 Å². The van der Waals surface area contributed by atoms with Crippen LogP contribution in [-0.4, -0.2) is 29.8 Å². The third-order valence-corrected chi connectivity index (χ3v) is 5.06. The van der Waals surface area contributed by atoms with Crippen molar-refractivity contribution in [2.45, 2.75) is 19.3 Å². The number of rotatable bonds is 3. The molecule has 1 saturated heterocycles. The van der Waals surface area contributed by atoms with Crippen molar-refractivity contribution in [2.75, 3.05) is 18.4 Å². The summed E-state index contributed by atoms with van der Waals surface area (Å²) in [5, 5.41) is 3.85. The number of hydrogen-bond donors (Lipinski definition) is 1. The smallest absolute Gasteiger partial charge is 0.257 e. The molecule has 3 rings (SSSR count). The molecule has 2 aromatic rings. The summed E-state index contributed by atoms with van der Waals surface area (Å²) in [6.45, 7) is 1.44. The van der Waals surface area contributed by atoms with Gasteiger partial charge >= 0.3 is 0 Å². The number of halogens is 3. The number of likely N-dealkylation sites (tertiary alicyclic amines) is 1. The Morgan fingerprint density at radius 1 is 0.846 bits per heavy atom. The Morgan fingerprint density at radius 2 is 1.46 bits per heavy atom. The Morgan fingerprint density at radius 3 is 2.12 bits per heavy atom. The number of carbonyl (C=O) groups excluding carboxylic acids is 2. The molecule has 0 unspecified atom stereocenters. The number of nitrogens with one attached hydrogen (secondary N) is 1. The summed E-state index contributed by atoms with van der Waals surface area (Å²) >= 11 is 18.0. The fourth-order valence-corrected chi connectivity index (χ4v) is 3.60. The topological polar surface area (TPSA) is 49.4 Å². The average Bonchev–Trinajstić information content (AvgIpc) is 2.62. The van der Waals surface area contributed by atoms with Crippen LogP contribution in [0.2, 0.25) is 15.1 Å². The molecule has 1 aliphatic heterocycles. The molecular weight excluding hydrogens is 395 g/mol. The number of nitrogens with zero attached hydrogens (tertiary/aromatic N) is 1. The molecule has 0 atom stereocenters. The van der Waals surface area contributed by atoms with Gasteiger partial charge in [-0.1, -0.05) is 34.8 Å². The lowest BCUT2D eigenvalue weighted by atomic mass is 10.1. The van der Waals surface area contributed by atoms with Crippen LogP contribution < -0.4 is 5.32 Å². The molecule has 1 N–H and O–H groups in total. The van der Waals surface area contributed by atoms with E-state index in [4.69, 9.17) is 34.8 Å². The van der Waals surface area contributed by atoms with Crippen molar-refractivity contribution in [3.05, 3.63) is 62.6 Å². The van der Waals surface area contributed by atoms with Crippen molar-refractivity contribution in [3.8, 4) is 0 Å². The van der Waals surface area contributed by atoms with Gasteiger partial charge in [0.25, 0.3) is 11.8 Å². The van der Waals surface area contributed by atoms with Gasteiger partial charge in [-0.15, -0.1) is 0 Å². The van der Waals surface area contributed by atoms with Gasteiger partial charge in [0.15, 0.2) is 0 Å². The molecule has 136 valence electrons. The highest BCUT2D eigenvalue weighted by Gasteiger charge is 2.22. The van der Waals surface area contributed by atoms with E-state index in [1.807, 2.05) is 0 Å². The van der Waals surface area contributed by atoms with E-state index in [-0.39, 0.29) is 16.5 Å². The molecule has 2 amide bonds. The number of hydrogen-bond acceptors (Lipinski definition) is 2. The van der Waals surface area contributed by atoms with E-state index in [2.05, 4.69) is 5.32 Å². The van der Waals surface area contributed by atoms with Crippen molar-refractivity contribution in [1.29, 1.82) is 0 Å². The molecule has 4 nitrogen and oxygen atoms in total. The Kier molecular flexibility index (Phi) is 6.07. The minimum atomic E-state index is -0.429. The normalized spacial score (nSPS) is 14.2. The molecular formula is C19H17Cl3N2O2. The number of piperidine rings is 1. The lowest BCUT2D eigenvalue weighted by Gasteiger charge is -2.27. The minimum Gasteiger partial charge on any atom is -0.339 e. The van der Waals surface area contributed by atoms with Gasteiger partial charge in [0, 0.05) is 23.1 Å². The highest BCUT2D eigenvalue weighted by molar-refractivity contribution is 6.37. The number of carbonyl (C=O) groups is 2. The van der Waals surface area contributed by atoms with Crippen LogP contribution in [0.1, 0.15) is 40.0 Å². The van der Waals surface area contributed by atoms with Crippen LogP contribution in [0.4, 0.5) is 5.69 Å². The second-order valence-corrected chi connectivity index (χ2v) is 7.40. The first-order valence-electron chi connectivity index (χ1n) is 8.31. The predicted molar refractivity (Wildman–Crippen MR) is 106 cm³/mol. The highest BCUT2D eigenvalue weighted by atomic mass is 35.5. The highest BCUT2D eigenvalue weighted by Crippen LogP contribution is 2.26. The second-order valence-electron chi connectivity index (χ2n) is 6.12. The molecule has 1 fully saturated rings. The zero-order valence-electron chi connectivity index (χ0n) is 13.9. The van der Waals surface area contributed by atoms with Gasteiger partial charge in [-0.05, 0) is 55.7 Å². The maximum Gasteiger partial charge on any atom is 0.257 e. The average molecular weight is 412 g/mol. The molecule has 7 heteroatoms. The van der Waals surface area contributed by atoms with Crippen LogP contribution in [0.25, 0.3) is 0 Å². The van der Waals surface area contributed by atoms with Gasteiger partial charge in [0.1, 0.15) is 0 Å². The third kappa shape index (κ3) is 4.32. The summed E-state index contributed by atoms with van der Waals surface area (Å²) in [4.78, 5) is 27.3. The summed E-state index contributed by atoms with van der Waals surface area (Å²) in [6.07, 6.45) is 3.10. The summed E-state index contributed by atoms with van der Waals surface area (Å²) in [6, 6.07) is 9.47. The predicted octanol–water partition coefficient (Wildman–Crippen LogP) is 5.53. The summed E-state index contributed by atoms with van der Waals surface area (Å²) in [5.41, 5.74) is 1.05. The first kappa shape index (κ1) is 19.0. The molecule has 0 radical (unpaired) electrons. The Labute approximate surface area is 167 Å². The van der Waals surface area contributed by atoms with Gasteiger partial charge in [-0.3, -0.25) is 9.59 Å². The van der Waals surface area contributed by atoms with Crippen molar-refractivity contribution >= 4 is 52.3 Å². The van der Waals surface area contributed by atoms with Crippen molar-refractivity contribution in [2.24, 2.45) is 0 Å². The van der Waals surface area contributed by atoms with Gasteiger partial charge in [-0.2, -0.15) is 0 Å². The van der Waals surface area contributed by atoms with Crippen LogP contribution in [-0.2, 0) is 0 Å². The standard InChI is InChI=1S/C19H17Cl3N2O2/c20-12-4-6-14(16(22)10-12)18(25)23-17-11-13(21)5-7-15(17)19(26)24-8-2-1-3-9-24/h4-7,10-11H,1-3,8-9H2,(H,23,25). The van der Waals surface area contributed by atoms with Crippen LogP contribution in [0.5, 0.6) is 0 Å². The molecule has 0 spiro atoms. The van der Waals surface area contributed by atoms with Crippen LogP contribution in [0, 0.1) is 0 Å². The zero-order chi connectivity index (χ0) is 18.7. The fraction of sp³-hybridized carbons (Fsp3) is 0.263. The van der Waals surface area contributed by atoms with E-state index < -0.39 is 5.91 Å². The van der Waals surface area contributed by atoms with E-state index >= 15 is 0 Å². The molecule has 26 heavy (non-hydrogen) atoms. The largest absolute Gasteiger partial charge is 0.339 e.